The molecule has 0 fully saturated rings. The van der Waals surface area contributed by atoms with Gasteiger partial charge in [0.25, 0.3) is 5.91 Å². The van der Waals surface area contributed by atoms with Crippen molar-refractivity contribution in [2.24, 2.45) is 0 Å². The van der Waals surface area contributed by atoms with E-state index in [1.54, 1.807) is 18.0 Å². The van der Waals surface area contributed by atoms with Gasteiger partial charge in [0.2, 0.25) is 0 Å². The zero-order valence-electron chi connectivity index (χ0n) is 11.7. The minimum Gasteiger partial charge on any atom is -0.398 e. The first-order valence-corrected chi connectivity index (χ1v) is 7.48. The first-order chi connectivity index (χ1) is 9.40. The van der Waals surface area contributed by atoms with Gasteiger partial charge < -0.3 is 10.6 Å². The summed E-state index contributed by atoms with van der Waals surface area (Å²) < 4.78 is 0. The van der Waals surface area contributed by atoms with Crippen LogP contribution < -0.4 is 5.73 Å². The van der Waals surface area contributed by atoms with E-state index >= 15 is 0 Å². The van der Waals surface area contributed by atoms with Crippen LogP contribution in [-0.2, 0) is 0 Å². The van der Waals surface area contributed by atoms with Crippen LogP contribution in [-0.4, -0.2) is 17.9 Å². The van der Waals surface area contributed by atoms with Gasteiger partial charge in [0, 0.05) is 22.6 Å². The number of carbonyl (C=O) groups excluding carboxylic acids is 1. The quantitative estimate of drug-likeness (QED) is 0.927. The molecule has 0 spiro atoms. The molecule has 2 rings (SSSR count). The van der Waals surface area contributed by atoms with Crippen LogP contribution in [0.25, 0.3) is 0 Å². The molecule has 2 N–H and O–H groups in total. The molecule has 1 aromatic carbocycles. The van der Waals surface area contributed by atoms with Crippen LogP contribution in [0.2, 0.25) is 5.02 Å². The minimum atomic E-state index is -0.0511. The van der Waals surface area contributed by atoms with Crippen LogP contribution in [0, 0.1) is 6.92 Å². The molecule has 1 amide bonds. The summed E-state index contributed by atoms with van der Waals surface area (Å²) in [5.41, 5.74) is 7.49. The molecule has 2 aromatic rings. The number of hydrogen-bond acceptors (Lipinski definition) is 3. The fourth-order valence-electron chi connectivity index (χ4n) is 1.94. The molecule has 1 unspecified atom stereocenters. The third-order valence-corrected chi connectivity index (χ3v) is 4.69. The Morgan fingerprint density at radius 3 is 2.65 bits per heavy atom. The van der Waals surface area contributed by atoms with Crippen LogP contribution in [0.15, 0.2) is 30.3 Å². The van der Waals surface area contributed by atoms with Crippen molar-refractivity contribution in [2.75, 3.05) is 12.8 Å². The van der Waals surface area contributed by atoms with Crippen molar-refractivity contribution in [1.82, 2.24) is 4.90 Å². The highest BCUT2D eigenvalue weighted by molar-refractivity contribution is 7.14. The van der Waals surface area contributed by atoms with E-state index in [4.69, 9.17) is 17.3 Å². The highest BCUT2D eigenvalue weighted by Crippen LogP contribution is 2.28. The second-order valence-corrected chi connectivity index (χ2v) is 6.46. The molecule has 106 valence electrons. The smallest absolute Gasteiger partial charge is 0.264 e. The second-order valence-electron chi connectivity index (χ2n) is 4.77. The Labute approximate surface area is 128 Å². The summed E-state index contributed by atoms with van der Waals surface area (Å²) in [4.78, 5) is 15.8. The Morgan fingerprint density at radius 1 is 1.40 bits per heavy atom. The van der Waals surface area contributed by atoms with Crippen molar-refractivity contribution in [2.45, 2.75) is 19.9 Å². The maximum absolute atomic E-state index is 12.5. The van der Waals surface area contributed by atoms with Gasteiger partial charge in [-0.15, -0.1) is 11.3 Å². The summed E-state index contributed by atoms with van der Waals surface area (Å²) in [6, 6.07) is 9.25. The molecule has 0 aliphatic carbocycles. The van der Waals surface area contributed by atoms with E-state index in [9.17, 15) is 4.79 Å². The number of thiophene rings is 1. The molecule has 0 radical (unpaired) electrons. The van der Waals surface area contributed by atoms with Crippen LogP contribution in [0.1, 0.15) is 33.1 Å². The highest BCUT2D eigenvalue weighted by Gasteiger charge is 2.21. The molecule has 20 heavy (non-hydrogen) atoms. The fraction of sp³-hybridized carbons (Fsp3) is 0.267. The topological polar surface area (TPSA) is 46.3 Å². The van der Waals surface area contributed by atoms with Crippen molar-refractivity contribution in [1.29, 1.82) is 0 Å². The maximum atomic E-state index is 12.5. The lowest BCUT2D eigenvalue weighted by Crippen LogP contribution is -2.29. The van der Waals surface area contributed by atoms with Crippen molar-refractivity contribution < 1.29 is 4.79 Å². The molecule has 0 aliphatic heterocycles. The Hall–Kier alpha value is -1.52. The van der Waals surface area contributed by atoms with Crippen molar-refractivity contribution in [3.8, 4) is 0 Å². The number of halogens is 1. The molecule has 5 heteroatoms. The van der Waals surface area contributed by atoms with Crippen molar-refractivity contribution in [3.63, 3.8) is 0 Å². The number of anilines is 1. The lowest BCUT2D eigenvalue weighted by Gasteiger charge is -2.25. The van der Waals surface area contributed by atoms with Gasteiger partial charge in [-0.05, 0) is 37.6 Å². The van der Waals surface area contributed by atoms with Gasteiger partial charge in [-0.2, -0.15) is 0 Å². The van der Waals surface area contributed by atoms with E-state index in [2.05, 4.69) is 0 Å². The lowest BCUT2D eigenvalue weighted by molar-refractivity contribution is 0.0747. The number of aryl methyl sites for hydroxylation is 1. The van der Waals surface area contributed by atoms with Gasteiger partial charge in [0.1, 0.15) is 0 Å². The molecule has 0 saturated heterocycles. The van der Waals surface area contributed by atoms with Crippen LogP contribution >= 0.6 is 22.9 Å². The monoisotopic (exact) mass is 308 g/mol. The third kappa shape index (κ3) is 2.97. The predicted octanol–water partition coefficient (Wildman–Crippen LogP) is 4.13. The summed E-state index contributed by atoms with van der Waals surface area (Å²) in [7, 11) is 1.79. The molecular weight excluding hydrogens is 292 g/mol. The molecule has 0 saturated carbocycles. The SMILES string of the molecule is Cc1sc(C(=O)N(C)C(C)c2cccc(Cl)c2)cc1N. The number of hydrogen-bond donors (Lipinski definition) is 1. The van der Waals surface area contributed by atoms with E-state index < -0.39 is 0 Å². The van der Waals surface area contributed by atoms with Crippen LogP contribution in [0.5, 0.6) is 0 Å². The van der Waals surface area contributed by atoms with Gasteiger partial charge in [-0.25, -0.2) is 0 Å². The predicted molar refractivity (Wildman–Crippen MR) is 85.4 cm³/mol. The largest absolute Gasteiger partial charge is 0.398 e. The number of carbonyl (C=O) groups is 1. The molecule has 0 bridgehead atoms. The van der Waals surface area contributed by atoms with E-state index in [0.717, 1.165) is 10.4 Å². The zero-order valence-corrected chi connectivity index (χ0v) is 13.3. The average molecular weight is 309 g/mol. The van der Waals surface area contributed by atoms with Crippen LogP contribution in [0.4, 0.5) is 5.69 Å². The van der Waals surface area contributed by atoms with Gasteiger partial charge in [0.05, 0.1) is 10.9 Å². The summed E-state index contributed by atoms with van der Waals surface area (Å²) in [6.45, 7) is 3.89. The normalized spacial score (nSPS) is 12.2. The first kappa shape index (κ1) is 14.9. The number of amides is 1. The molecule has 3 nitrogen and oxygen atoms in total. The molecule has 1 aromatic heterocycles. The molecule has 1 atom stereocenters. The molecule has 0 aliphatic rings. The Bertz CT molecular complexity index is 619. The molecule has 1 heterocycles. The lowest BCUT2D eigenvalue weighted by atomic mass is 10.1. The van der Waals surface area contributed by atoms with Gasteiger partial charge >= 0.3 is 0 Å². The highest BCUT2D eigenvalue weighted by atomic mass is 35.5. The van der Waals surface area contributed by atoms with Gasteiger partial charge in [-0.3, -0.25) is 4.79 Å². The van der Waals surface area contributed by atoms with Gasteiger partial charge in [-0.1, -0.05) is 23.7 Å². The first-order valence-electron chi connectivity index (χ1n) is 6.28. The van der Waals surface area contributed by atoms with E-state index in [1.165, 1.54) is 11.3 Å². The van der Waals surface area contributed by atoms with E-state index in [1.807, 2.05) is 38.1 Å². The molecular formula is C15H17ClN2OS. The fourth-order valence-corrected chi connectivity index (χ4v) is 3.06. The van der Waals surface area contributed by atoms with E-state index in [0.29, 0.717) is 15.6 Å². The summed E-state index contributed by atoms with van der Waals surface area (Å²) in [6.07, 6.45) is 0. The number of benzene rings is 1. The minimum absolute atomic E-state index is 0.0257. The Balaban J connectivity index is 2.22. The Morgan fingerprint density at radius 2 is 2.10 bits per heavy atom. The summed E-state index contributed by atoms with van der Waals surface area (Å²) in [5.74, 6) is -0.0257. The Kier molecular flexibility index (Phi) is 4.35. The zero-order chi connectivity index (χ0) is 14.9. The third-order valence-electron chi connectivity index (χ3n) is 3.40. The average Bonchev–Trinajstić information content (AvgIpc) is 2.76. The standard InChI is InChI=1S/C15H17ClN2OS/c1-9(11-5-4-6-12(16)7-11)18(3)15(19)14-8-13(17)10(2)20-14/h4-9H,17H2,1-3H3. The van der Waals surface area contributed by atoms with Crippen LogP contribution in [0.3, 0.4) is 0 Å². The maximum Gasteiger partial charge on any atom is 0.264 e. The summed E-state index contributed by atoms with van der Waals surface area (Å²) in [5, 5.41) is 0.673. The number of nitrogen functional groups attached to an aromatic ring is 1. The van der Waals surface area contributed by atoms with Crippen molar-refractivity contribution >= 4 is 34.5 Å². The number of nitrogens with two attached hydrogens (primary N) is 1. The number of nitrogens with zero attached hydrogens (tertiary/aromatic N) is 1. The number of rotatable bonds is 3. The van der Waals surface area contributed by atoms with E-state index in [-0.39, 0.29) is 11.9 Å². The summed E-state index contributed by atoms with van der Waals surface area (Å²) >= 11 is 7.42. The van der Waals surface area contributed by atoms with Crippen molar-refractivity contribution in [3.05, 3.63) is 50.7 Å². The van der Waals surface area contributed by atoms with Gasteiger partial charge in [0.15, 0.2) is 0 Å². The second kappa shape index (κ2) is 5.85.